The molecule has 0 saturated heterocycles. The fraction of sp³-hybridized carbons (Fsp3) is 0.304. The minimum absolute atomic E-state index is 0.00539. The van der Waals surface area contributed by atoms with Crippen LogP contribution in [0.15, 0.2) is 54.7 Å². The van der Waals surface area contributed by atoms with Crippen LogP contribution in [-0.2, 0) is 13.0 Å². The predicted octanol–water partition coefficient (Wildman–Crippen LogP) is 5.17. The smallest absolute Gasteiger partial charge is 0.363 e. The van der Waals surface area contributed by atoms with Gasteiger partial charge in [0.25, 0.3) is 5.91 Å². The highest BCUT2D eigenvalue weighted by Crippen LogP contribution is 2.44. The molecule has 0 bridgehead atoms. The summed E-state index contributed by atoms with van der Waals surface area (Å²) < 4.78 is 56.1. The third kappa shape index (κ3) is 4.32. The number of benzene rings is 2. The van der Waals surface area contributed by atoms with E-state index in [2.05, 4.69) is 15.7 Å². The average molecular weight is 446 g/mol. The predicted molar refractivity (Wildman–Crippen MR) is 112 cm³/mol. The molecule has 1 amide bonds. The number of carbonyl (C=O) groups is 1. The van der Waals surface area contributed by atoms with E-state index in [0.717, 1.165) is 22.9 Å². The number of aromatic nitrogens is 2. The summed E-state index contributed by atoms with van der Waals surface area (Å²) in [6.45, 7) is 1.90. The van der Waals surface area contributed by atoms with Crippen LogP contribution in [0.5, 0.6) is 0 Å². The van der Waals surface area contributed by atoms with Crippen LogP contribution in [0, 0.1) is 5.82 Å². The van der Waals surface area contributed by atoms with Gasteiger partial charge in [0.15, 0.2) is 6.04 Å². The summed E-state index contributed by atoms with van der Waals surface area (Å²) in [7, 11) is 0. The van der Waals surface area contributed by atoms with E-state index < -0.39 is 30.0 Å². The van der Waals surface area contributed by atoms with Crippen molar-refractivity contribution in [3.05, 3.63) is 82.8 Å². The molecule has 2 heterocycles. The first-order chi connectivity index (χ1) is 15.3. The lowest BCUT2D eigenvalue weighted by molar-refractivity contribution is -0.173. The van der Waals surface area contributed by atoms with Crippen LogP contribution < -0.4 is 10.6 Å². The highest BCUT2D eigenvalue weighted by atomic mass is 19.4. The quantitative estimate of drug-likeness (QED) is 0.532. The molecule has 0 saturated carbocycles. The Balaban J connectivity index is 1.61. The molecule has 1 aliphatic rings. The number of nitrogens with one attached hydrogen (secondary N) is 2. The van der Waals surface area contributed by atoms with Gasteiger partial charge in [-0.05, 0) is 23.6 Å². The molecule has 9 heteroatoms. The number of hydrogen-bond acceptors (Lipinski definition) is 3. The first-order valence-corrected chi connectivity index (χ1v) is 10.3. The minimum atomic E-state index is -4.54. The van der Waals surface area contributed by atoms with E-state index in [4.69, 9.17) is 0 Å². The van der Waals surface area contributed by atoms with E-state index in [-0.39, 0.29) is 29.9 Å². The zero-order chi connectivity index (χ0) is 22.9. The zero-order valence-corrected chi connectivity index (χ0v) is 17.3. The highest BCUT2D eigenvalue weighted by Gasteiger charge is 2.47. The second-order valence-corrected chi connectivity index (χ2v) is 7.71. The third-order valence-corrected chi connectivity index (χ3v) is 5.67. The number of amides is 1. The molecule has 1 aromatic heterocycles. The van der Waals surface area contributed by atoms with Gasteiger partial charge in [0, 0.05) is 18.5 Å². The van der Waals surface area contributed by atoms with Crippen LogP contribution in [0.3, 0.4) is 0 Å². The van der Waals surface area contributed by atoms with Crippen LogP contribution in [-0.4, -0.2) is 21.9 Å². The second kappa shape index (κ2) is 8.64. The minimum Gasteiger partial charge on any atom is -0.363 e. The Kier molecular flexibility index (Phi) is 5.90. The monoisotopic (exact) mass is 446 g/mol. The molecule has 0 spiro atoms. The Morgan fingerprint density at radius 3 is 2.56 bits per heavy atom. The van der Waals surface area contributed by atoms with Crippen molar-refractivity contribution in [3.8, 4) is 0 Å². The van der Waals surface area contributed by atoms with Gasteiger partial charge >= 0.3 is 6.18 Å². The van der Waals surface area contributed by atoms with E-state index in [1.165, 1.54) is 18.2 Å². The summed E-state index contributed by atoms with van der Waals surface area (Å²) in [5.74, 6) is -1.12. The van der Waals surface area contributed by atoms with Gasteiger partial charge in [-0.1, -0.05) is 49.4 Å². The molecule has 5 nitrogen and oxygen atoms in total. The molecular weight excluding hydrogens is 424 g/mol. The number of halogens is 4. The fourth-order valence-electron chi connectivity index (χ4n) is 3.85. The summed E-state index contributed by atoms with van der Waals surface area (Å²) >= 11 is 0. The molecule has 1 aliphatic heterocycles. The van der Waals surface area contributed by atoms with Crippen LogP contribution in [0.1, 0.15) is 52.5 Å². The Morgan fingerprint density at radius 1 is 1.19 bits per heavy atom. The number of hydrogen-bond donors (Lipinski definition) is 2. The standard InChI is InChI=1S/C23H22F4N4O/c1-2-14-7-9-15(10-8-14)19-11-20(23(25,26)27)31-21(30-19)17(13-29-31)22(32)28-12-16-5-3-4-6-18(16)24/h3-10,13,19-20,30H,2,11-12H2,1H3,(H,28,32)/t19-,20+/m1/s1. The lowest BCUT2D eigenvalue weighted by Gasteiger charge is -2.34. The van der Waals surface area contributed by atoms with Gasteiger partial charge in [-0.15, -0.1) is 0 Å². The van der Waals surface area contributed by atoms with Gasteiger partial charge in [0.1, 0.15) is 17.2 Å². The lowest BCUT2D eigenvalue weighted by atomic mass is 9.95. The lowest BCUT2D eigenvalue weighted by Crippen LogP contribution is -2.36. The highest BCUT2D eigenvalue weighted by molar-refractivity contribution is 5.98. The first-order valence-electron chi connectivity index (χ1n) is 10.3. The van der Waals surface area contributed by atoms with Gasteiger partial charge in [0.2, 0.25) is 0 Å². The molecule has 2 aromatic carbocycles. The topological polar surface area (TPSA) is 59.0 Å². The largest absolute Gasteiger partial charge is 0.410 e. The average Bonchev–Trinajstić information content (AvgIpc) is 3.21. The van der Waals surface area contributed by atoms with Crippen molar-refractivity contribution in [2.75, 3.05) is 5.32 Å². The van der Waals surface area contributed by atoms with Gasteiger partial charge < -0.3 is 10.6 Å². The molecule has 3 aromatic rings. The maximum atomic E-state index is 13.8. The van der Waals surface area contributed by atoms with Crippen molar-refractivity contribution < 1.29 is 22.4 Å². The van der Waals surface area contributed by atoms with Gasteiger partial charge in [0.05, 0.1) is 12.2 Å². The summed E-state index contributed by atoms with van der Waals surface area (Å²) in [5.41, 5.74) is 2.03. The third-order valence-electron chi connectivity index (χ3n) is 5.67. The molecule has 4 rings (SSSR count). The second-order valence-electron chi connectivity index (χ2n) is 7.71. The number of anilines is 1. The van der Waals surface area contributed by atoms with E-state index in [1.807, 2.05) is 19.1 Å². The fourth-order valence-corrected chi connectivity index (χ4v) is 3.85. The van der Waals surface area contributed by atoms with Crippen LogP contribution in [0.4, 0.5) is 23.4 Å². The van der Waals surface area contributed by atoms with Crippen molar-refractivity contribution >= 4 is 11.7 Å². The van der Waals surface area contributed by atoms with Crippen LogP contribution in [0.25, 0.3) is 0 Å². The van der Waals surface area contributed by atoms with Crippen molar-refractivity contribution in [2.45, 2.75) is 44.6 Å². The normalized spacial score (nSPS) is 18.0. The van der Waals surface area contributed by atoms with Crippen molar-refractivity contribution in [1.29, 1.82) is 0 Å². The van der Waals surface area contributed by atoms with E-state index in [9.17, 15) is 22.4 Å². The summed E-state index contributed by atoms with van der Waals surface area (Å²) in [5, 5.41) is 9.47. The molecule has 0 aliphatic carbocycles. The van der Waals surface area contributed by atoms with E-state index >= 15 is 0 Å². The number of nitrogens with zero attached hydrogens (tertiary/aromatic N) is 2. The molecule has 32 heavy (non-hydrogen) atoms. The maximum Gasteiger partial charge on any atom is 0.410 e. The number of alkyl halides is 3. The number of rotatable bonds is 5. The molecule has 2 atom stereocenters. The molecular formula is C23H22F4N4O. The van der Waals surface area contributed by atoms with Gasteiger partial charge in [-0.3, -0.25) is 4.79 Å². The van der Waals surface area contributed by atoms with Crippen molar-refractivity contribution in [3.63, 3.8) is 0 Å². The molecule has 0 radical (unpaired) electrons. The number of aryl methyl sites for hydroxylation is 1. The van der Waals surface area contributed by atoms with Gasteiger partial charge in [-0.25, -0.2) is 9.07 Å². The SMILES string of the molecule is CCc1ccc([C@H]2C[C@@H](C(F)(F)F)n3ncc(C(=O)NCc4ccccc4F)c3N2)cc1. The van der Waals surface area contributed by atoms with Gasteiger partial charge in [-0.2, -0.15) is 18.3 Å². The number of carbonyl (C=O) groups excluding carboxylic acids is 1. The summed E-state index contributed by atoms with van der Waals surface area (Å²) in [6.07, 6.45) is -2.85. The van der Waals surface area contributed by atoms with Crippen LogP contribution >= 0.6 is 0 Å². The maximum absolute atomic E-state index is 13.8. The molecule has 0 unspecified atom stereocenters. The Morgan fingerprint density at radius 2 is 1.91 bits per heavy atom. The van der Waals surface area contributed by atoms with E-state index in [0.29, 0.717) is 5.56 Å². The number of fused-ring (bicyclic) bond motifs is 1. The molecule has 0 fully saturated rings. The first kappa shape index (κ1) is 21.9. The molecule has 2 N–H and O–H groups in total. The van der Waals surface area contributed by atoms with Crippen LogP contribution in [0.2, 0.25) is 0 Å². The Hall–Kier alpha value is -3.36. The summed E-state index contributed by atoms with van der Waals surface area (Å²) in [6, 6.07) is 10.8. The molecule has 168 valence electrons. The van der Waals surface area contributed by atoms with E-state index in [1.54, 1.807) is 18.2 Å². The Labute approximate surface area is 182 Å². The summed E-state index contributed by atoms with van der Waals surface area (Å²) in [4.78, 5) is 12.7. The van der Waals surface area contributed by atoms with Crippen molar-refractivity contribution in [2.24, 2.45) is 0 Å². The zero-order valence-electron chi connectivity index (χ0n) is 17.3. The van der Waals surface area contributed by atoms with Crippen molar-refractivity contribution in [1.82, 2.24) is 15.1 Å². The Bertz CT molecular complexity index is 1110.